The number of halogens is 2. The molecule has 3 aromatic heterocycles. The number of hydrogen-bond acceptors (Lipinski definition) is 10. The summed E-state index contributed by atoms with van der Waals surface area (Å²) in [7, 11) is 1.68. The van der Waals surface area contributed by atoms with Gasteiger partial charge in [-0.2, -0.15) is 5.10 Å². The smallest absolute Gasteiger partial charge is 0.419 e. The van der Waals surface area contributed by atoms with E-state index >= 15 is 0 Å². The number of fused-ring (bicyclic) bond motifs is 3. The van der Waals surface area contributed by atoms with Gasteiger partial charge in [0.15, 0.2) is 16.9 Å². The monoisotopic (exact) mass is 803 g/mol. The quantitative estimate of drug-likeness (QED) is 0.137. The number of nitrogens with zero attached hydrogens (tertiary/aromatic N) is 4. The molecule has 0 unspecified atom stereocenters. The summed E-state index contributed by atoms with van der Waals surface area (Å²) in [6, 6.07) is 16.3. The van der Waals surface area contributed by atoms with Crippen molar-refractivity contribution in [2.24, 2.45) is 12.8 Å². The zero-order valence-corrected chi connectivity index (χ0v) is 32.6. The van der Waals surface area contributed by atoms with Crippen LogP contribution in [0.5, 0.6) is 0 Å². The molecule has 1 aliphatic rings. The van der Waals surface area contributed by atoms with Gasteiger partial charge in [-0.3, -0.25) is 14.2 Å². The standard InChI is InChI=1S/C30H28ClN5O6.C9H10N2O2.ClH/c1-15-16-11-12-21(18(16)10-9-17(15)29(41)42-30(2,3)4)34-27(38)24-13-23(28(39)40)33-25-19(14-32-36(24)25)26(37)35-22-8-6-5-7-20(22)31;1-11-7-4-6(5-10)2-3-8(7)13-9(11)12;/h5-10,13-14,21H,11-12H2,1-4H3,(H,34,38)(H,35,37)(H,39,40);2-4H,5,10H2,1H3;1H/t21-;;/m0../s1. The Bertz CT molecular complexity index is 2570. The van der Waals surface area contributed by atoms with Crippen molar-refractivity contribution in [3.05, 3.63) is 127 Å². The minimum Gasteiger partial charge on any atom is -0.477 e. The second-order valence-corrected chi connectivity index (χ2v) is 14.3. The fourth-order valence-electron chi connectivity index (χ4n) is 6.26. The molecule has 0 radical (unpaired) electrons. The molecule has 0 spiro atoms. The SMILES string of the molecule is Cc1c(C(=O)OC(C)(C)C)ccc2c1CC[C@@H]2NC(=O)c1cc(C(=O)O)nc2c(C(=O)Nc3ccccc3Cl)cnn12.Cl.Cn1c(=O)oc2ccc(CN)cc21. The number of carboxylic acids is 1. The van der Waals surface area contributed by atoms with Gasteiger partial charge in [0.05, 0.1) is 34.0 Å². The van der Waals surface area contributed by atoms with E-state index in [0.29, 0.717) is 41.2 Å². The van der Waals surface area contributed by atoms with Crippen LogP contribution in [-0.4, -0.2) is 53.6 Å². The summed E-state index contributed by atoms with van der Waals surface area (Å²) in [6.07, 6.45) is 2.41. The van der Waals surface area contributed by atoms with Gasteiger partial charge in [0.1, 0.15) is 16.9 Å². The highest BCUT2D eigenvalue weighted by Gasteiger charge is 2.30. The van der Waals surface area contributed by atoms with E-state index in [1.165, 1.54) is 10.8 Å². The molecule has 17 heteroatoms. The van der Waals surface area contributed by atoms with E-state index in [4.69, 9.17) is 26.5 Å². The van der Waals surface area contributed by atoms with Crippen LogP contribution in [0.1, 0.15) is 97.2 Å². The van der Waals surface area contributed by atoms with E-state index in [0.717, 1.165) is 38.4 Å². The molecule has 0 fully saturated rings. The number of aromatic nitrogens is 4. The Morgan fingerprint density at radius 3 is 2.46 bits per heavy atom. The molecule has 7 rings (SSSR count). The molecular formula is C39H39Cl2N7O8. The molecule has 5 N–H and O–H groups in total. The van der Waals surface area contributed by atoms with Gasteiger partial charge in [-0.1, -0.05) is 35.9 Å². The number of para-hydroxylation sites is 1. The van der Waals surface area contributed by atoms with E-state index in [9.17, 15) is 29.1 Å². The van der Waals surface area contributed by atoms with Crippen molar-refractivity contribution in [3.8, 4) is 0 Å². The highest BCUT2D eigenvalue weighted by Crippen LogP contribution is 2.35. The summed E-state index contributed by atoms with van der Waals surface area (Å²) in [6.45, 7) is 7.73. The number of aryl methyl sites for hydroxylation is 1. The largest absolute Gasteiger partial charge is 0.477 e. The van der Waals surface area contributed by atoms with Crippen LogP contribution < -0.4 is 22.1 Å². The maximum Gasteiger partial charge on any atom is 0.419 e. The molecule has 6 aromatic rings. The molecule has 0 saturated carbocycles. The number of carbonyl (C=O) groups excluding carboxylic acids is 3. The highest BCUT2D eigenvalue weighted by atomic mass is 35.5. The van der Waals surface area contributed by atoms with Crippen LogP contribution in [0.4, 0.5) is 5.69 Å². The lowest BCUT2D eigenvalue weighted by Gasteiger charge is -2.21. The number of esters is 1. The van der Waals surface area contributed by atoms with E-state index in [1.807, 2.05) is 19.1 Å². The Morgan fingerprint density at radius 1 is 1.05 bits per heavy atom. The number of aromatic carboxylic acids is 1. The molecule has 0 bridgehead atoms. The molecule has 15 nitrogen and oxygen atoms in total. The first-order valence-corrected chi connectivity index (χ1v) is 17.6. The number of anilines is 1. The second kappa shape index (κ2) is 16.4. The van der Waals surface area contributed by atoms with Gasteiger partial charge in [0.2, 0.25) is 0 Å². The van der Waals surface area contributed by atoms with Crippen molar-refractivity contribution in [3.63, 3.8) is 0 Å². The average Bonchev–Trinajstić information content (AvgIpc) is 3.83. The van der Waals surface area contributed by atoms with Gasteiger partial charge < -0.3 is 30.6 Å². The number of oxazole rings is 1. The zero-order valence-electron chi connectivity index (χ0n) is 31.0. The van der Waals surface area contributed by atoms with Gasteiger partial charge in [0.25, 0.3) is 11.8 Å². The van der Waals surface area contributed by atoms with Gasteiger partial charge >= 0.3 is 17.7 Å². The molecule has 3 aromatic carbocycles. The summed E-state index contributed by atoms with van der Waals surface area (Å²) < 4.78 is 13.1. The van der Waals surface area contributed by atoms with Crippen molar-refractivity contribution in [2.75, 3.05) is 5.32 Å². The molecular weight excluding hydrogens is 765 g/mol. The number of nitrogens with one attached hydrogen (secondary N) is 2. The maximum atomic E-state index is 13.5. The topological polar surface area (TPSA) is 213 Å². The Labute approximate surface area is 331 Å². The van der Waals surface area contributed by atoms with E-state index in [2.05, 4.69) is 20.7 Å². The number of carboxylic acid groups (broad SMARTS) is 1. The normalized spacial score (nSPS) is 13.3. The van der Waals surface area contributed by atoms with Crippen LogP contribution in [0, 0.1) is 6.92 Å². The number of hydrogen-bond donors (Lipinski definition) is 4. The van der Waals surface area contributed by atoms with Gasteiger partial charge in [-0.25, -0.2) is 23.9 Å². The number of carbonyl (C=O) groups is 4. The van der Waals surface area contributed by atoms with Crippen molar-refractivity contribution < 1.29 is 33.4 Å². The molecule has 1 aliphatic carbocycles. The van der Waals surface area contributed by atoms with Crippen molar-refractivity contribution in [1.82, 2.24) is 24.5 Å². The Balaban J connectivity index is 0.000000361. The minimum atomic E-state index is -1.37. The van der Waals surface area contributed by atoms with Crippen LogP contribution in [0.15, 0.2) is 76.1 Å². The van der Waals surface area contributed by atoms with Crippen LogP contribution in [0.3, 0.4) is 0 Å². The lowest BCUT2D eigenvalue weighted by atomic mass is 9.97. The van der Waals surface area contributed by atoms with E-state index < -0.39 is 41.1 Å². The third-order valence-corrected chi connectivity index (χ3v) is 9.33. The first-order chi connectivity index (χ1) is 26.1. The first-order valence-electron chi connectivity index (χ1n) is 17.2. The molecule has 56 heavy (non-hydrogen) atoms. The lowest BCUT2D eigenvalue weighted by molar-refractivity contribution is 0.00681. The molecule has 1 atom stereocenters. The van der Waals surface area contributed by atoms with Crippen molar-refractivity contribution in [2.45, 2.75) is 58.7 Å². The predicted octanol–water partition coefficient (Wildman–Crippen LogP) is 6.03. The minimum absolute atomic E-state index is 0. The zero-order chi connectivity index (χ0) is 39.8. The summed E-state index contributed by atoms with van der Waals surface area (Å²) >= 11 is 6.15. The van der Waals surface area contributed by atoms with Crippen LogP contribution in [-0.2, 0) is 24.8 Å². The fourth-order valence-corrected chi connectivity index (χ4v) is 6.45. The third-order valence-electron chi connectivity index (χ3n) is 9.00. The highest BCUT2D eigenvalue weighted by molar-refractivity contribution is 6.34. The number of benzene rings is 3. The summed E-state index contributed by atoms with van der Waals surface area (Å²) in [5.41, 5.74) is 9.97. The average molecular weight is 805 g/mol. The lowest BCUT2D eigenvalue weighted by Crippen LogP contribution is -2.30. The van der Waals surface area contributed by atoms with Crippen LogP contribution in [0.2, 0.25) is 5.02 Å². The second-order valence-electron chi connectivity index (χ2n) is 13.9. The van der Waals surface area contributed by atoms with Gasteiger partial charge in [0, 0.05) is 19.7 Å². The first kappa shape index (κ1) is 41.1. The predicted molar refractivity (Wildman–Crippen MR) is 211 cm³/mol. The molecule has 292 valence electrons. The maximum absolute atomic E-state index is 13.5. The van der Waals surface area contributed by atoms with Crippen molar-refractivity contribution >= 4 is 70.2 Å². The molecule has 2 amide bonds. The molecule has 3 heterocycles. The number of ether oxygens (including phenoxy) is 1. The Morgan fingerprint density at radius 2 is 1.79 bits per heavy atom. The summed E-state index contributed by atoms with van der Waals surface area (Å²) in [5.74, 6) is -3.35. The number of rotatable bonds is 7. The fraction of sp³-hybridized carbons (Fsp3) is 0.256. The Kier molecular flexibility index (Phi) is 12.0. The number of nitrogens with two attached hydrogens (primary N) is 1. The summed E-state index contributed by atoms with van der Waals surface area (Å²) in [4.78, 5) is 66.4. The van der Waals surface area contributed by atoms with Crippen LogP contribution >= 0.6 is 24.0 Å². The molecule has 0 aliphatic heterocycles. The summed E-state index contributed by atoms with van der Waals surface area (Å²) in [5, 5.41) is 19.8. The van der Waals surface area contributed by atoms with Crippen molar-refractivity contribution in [1.29, 1.82) is 0 Å². The van der Waals surface area contributed by atoms with Crippen LogP contribution in [0.25, 0.3) is 16.7 Å². The Hall–Kier alpha value is -6.03. The van der Waals surface area contributed by atoms with Gasteiger partial charge in [-0.05, 0) is 93.1 Å². The van der Waals surface area contributed by atoms with E-state index in [-0.39, 0.29) is 35.1 Å². The molecule has 0 saturated heterocycles. The van der Waals surface area contributed by atoms with E-state index in [1.54, 1.807) is 70.3 Å². The van der Waals surface area contributed by atoms with Gasteiger partial charge in [-0.15, -0.1) is 12.4 Å². The third kappa shape index (κ3) is 8.44. The number of amides is 2.